The van der Waals surface area contributed by atoms with Gasteiger partial charge >= 0.3 is 0 Å². The van der Waals surface area contributed by atoms with E-state index >= 15 is 0 Å². The molecule has 13 heavy (non-hydrogen) atoms. The summed E-state index contributed by atoms with van der Waals surface area (Å²) in [6, 6.07) is 6.00. The highest BCUT2D eigenvalue weighted by atomic mass is 35.5. The van der Waals surface area contributed by atoms with Gasteiger partial charge in [0.15, 0.2) is 0 Å². The maximum atomic E-state index is 6.00. The van der Waals surface area contributed by atoms with Gasteiger partial charge in [0.1, 0.15) is 5.75 Å². The van der Waals surface area contributed by atoms with Crippen molar-refractivity contribution in [2.45, 2.75) is 32.3 Å². The third-order valence-electron chi connectivity index (χ3n) is 2.22. The molecule has 0 amide bonds. The first-order chi connectivity index (χ1) is 6.29. The molecule has 0 spiro atoms. The minimum absolute atomic E-state index is 0.421. The van der Waals surface area contributed by atoms with Crippen LogP contribution in [0, 0.1) is 0 Å². The average molecular weight is 197 g/mol. The molecule has 0 heterocycles. The summed E-state index contributed by atoms with van der Waals surface area (Å²) in [6.07, 6.45) is 3.79. The van der Waals surface area contributed by atoms with Crippen LogP contribution in [0.15, 0.2) is 18.2 Å². The van der Waals surface area contributed by atoms with Gasteiger partial charge in [-0.1, -0.05) is 24.6 Å². The van der Waals surface area contributed by atoms with Crippen molar-refractivity contribution in [1.29, 1.82) is 0 Å². The van der Waals surface area contributed by atoms with Crippen molar-refractivity contribution in [1.82, 2.24) is 0 Å². The Morgan fingerprint density at radius 2 is 2.23 bits per heavy atom. The summed E-state index contributed by atoms with van der Waals surface area (Å²) in [5, 5.41) is 0.726. The van der Waals surface area contributed by atoms with E-state index in [9.17, 15) is 0 Å². The summed E-state index contributed by atoms with van der Waals surface area (Å²) < 4.78 is 5.67. The molecule has 0 radical (unpaired) electrons. The molecule has 1 aliphatic carbocycles. The zero-order chi connectivity index (χ0) is 9.26. The molecule has 0 aliphatic heterocycles. The number of benzene rings is 1. The zero-order valence-electron chi connectivity index (χ0n) is 7.72. The summed E-state index contributed by atoms with van der Waals surface area (Å²) in [7, 11) is 0. The van der Waals surface area contributed by atoms with Crippen LogP contribution in [-0.4, -0.2) is 6.10 Å². The Hall–Kier alpha value is -0.690. The Labute approximate surface area is 83.7 Å². The van der Waals surface area contributed by atoms with E-state index in [1.54, 1.807) is 0 Å². The molecule has 1 aromatic rings. The largest absolute Gasteiger partial charge is 0.489 e. The Kier molecular flexibility index (Phi) is 2.45. The highest BCUT2D eigenvalue weighted by Gasteiger charge is 2.24. The normalized spacial score (nSPS) is 15.8. The van der Waals surface area contributed by atoms with Crippen molar-refractivity contribution >= 4 is 11.6 Å². The van der Waals surface area contributed by atoms with Crippen LogP contribution in [0.25, 0.3) is 0 Å². The second-order valence-electron chi connectivity index (χ2n) is 3.44. The molecule has 1 nitrogen and oxygen atoms in total. The number of hydrogen-bond acceptors (Lipinski definition) is 1. The van der Waals surface area contributed by atoms with E-state index in [0.717, 1.165) is 17.2 Å². The van der Waals surface area contributed by atoms with Gasteiger partial charge < -0.3 is 4.74 Å². The van der Waals surface area contributed by atoms with Crippen molar-refractivity contribution in [3.8, 4) is 5.75 Å². The fourth-order valence-corrected chi connectivity index (χ4v) is 1.39. The molecule has 2 rings (SSSR count). The Balaban J connectivity index is 2.19. The SMILES string of the molecule is CCc1ccc(Cl)c(OC2CC2)c1. The predicted molar refractivity (Wildman–Crippen MR) is 54.5 cm³/mol. The third-order valence-corrected chi connectivity index (χ3v) is 2.53. The van der Waals surface area contributed by atoms with E-state index in [-0.39, 0.29) is 0 Å². The second kappa shape index (κ2) is 3.59. The Morgan fingerprint density at radius 3 is 2.85 bits per heavy atom. The lowest BCUT2D eigenvalue weighted by atomic mass is 10.2. The second-order valence-corrected chi connectivity index (χ2v) is 3.84. The smallest absolute Gasteiger partial charge is 0.138 e. The molecule has 1 aliphatic rings. The predicted octanol–water partition coefficient (Wildman–Crippen LogP) is 3.44. The van der Waals surface area contributed by atoms with Gasteiger partial charge in [0.2, 0.25) is 0 Å². The van der Waals surface area contributed by atoms with Crippen LogP contribution < -0.4 is 4.74 Å². The Bertz CT molecular complexity index is 305. The fourth-order valence-electron chi connectivity index (χ4n) is 1.22. The molecule has 1 aromatic carbocycles. The van der Waals surface area contributed by atoms with Crippen LogP contribution in [0.5, 0.6) is 5.75 Å². The summed E-state index contributed by atoms with van der Waals surface area (Å²) >= 11 is 6.00. The van der Waals surface area contributed by atoms with Crippen LogP contribution in [0.1, 0.15) is 25.3 Å². The first-order valence-corrected chi connectivity index (χ1v) is 5.12. The average Bonchev–Trinajstić information content (AvgIpc) is 2.93. The molecule has 2 heteroatoms. The first-order valence-electron chi connectivity index (χ1n) is 4.74. The molecule has 0 N–H and O–H groups in total. The minimum Gasteiger partial charge on any atom is -0.489 e. The molecular formula is C11H13ClO. The van der Waals surface area contributed by atoms with E-state index in [1.165, 1.54) is 18.4 Å². The van der Waals surface area contributed by atoms with Gasteiger partial charge in [-0.25, -0.2) is 0 Å². The number of rotatable bonds is 3. The maximum absolute atomic E-state index is 6.00. The quantitative estimate of drug-likeness (QED) is 0.720. The zero-order valence-corrected chi connectivity index (χ0v) is 8.47. The molecule has 0 bridgehead atoms. The lowest BCUT2D eigenvalue weighted by Gasteiger charge is -2.07. The monoisotopic (exact) mass is 196 g/mol. The van der Waals surface area contributed by atoms with E-state index in [1.807, 2.05) is 18.2 Å². The van der Waals surface area contributed by atoms with Gasteiger partial charge in [-0.05, 0) is 37.0 Å². The van der Waals surface area contributed by atoms with E-state index < -0.39 is 0 Å². The number of halogens is 1. The minimum atomic E-state index is 0.421. The molecule has 1 fully saturated rings. The van der Waals surface area contributed by atoms with Crippen LogP contribution in [-0.2, 0) is 6.42 Å². The first kappa shape index (κ1) is 8.89. The summed E-state index contributed by atoms with van der Waals surface area (Å²) in [5.74, 6) is 0.850. The van der Waals surface area contributed by atoms with Crippen molar-refractivity contribution in [3.05, 3.63) is 28.8 Å². The molecule has 70 valence electrons. The number of aryl methyl sites for hydroxylation is 1. The van der Waals surface area contributed by atoms with Crippen molar-refractivity contribution < 1.29 is 4.74 Å². The molecular weight excluding hydrogens is 184 g/mol. The number of ether oxygens (including phenoxy) is 1. The number of hydrogen-bond donors (Lipinski definition) is 0. The van der Waals surface area contributed by atoms with Crippen molar-refractivity contribution in [2.75, 3.05) is 0 Å². The molecule has 0 unspecified atom stereocenters. The molecule has 0 aromatic heterocycles. The molecule has 1 saturated carbocycles. The fraction of sp³-hybridized carbons (Fsp3) is 0.455. The van der Waals surface area contributed by atoms with Crippen LogP contribution in [0.4, 0.5) is 0 Å². The van der Waals surface area contributed by atoms with Crippen LogP contribution in [0.3, 0.4) is 0 Å². The highest BCUT2D eigenvalue weighted by Crippen LogP contribution is 2.32. The van der Waals surface area contributed by atoms with Crippen molar-refractivity contribution in [2.24, 2.45) is 0 Å². The van der Waals surface area contributed by atoms with Gasteiger partial charge in [-0.15, -0.1) is 0 Å². The van der Waals surface area contributed by atoms with E-state index in [2.05, 4.69) is 6.92 Å². The van der Waals surface area contributed by atoms with Crippen molar-refractivity contribution in [3.63, 3.8) is 0 Å². The summed E-state index contributed by atoms with van der Waals surface area (Å²) in [4.78, 5) is 0. The maximum Gasteiger partial charge on any atom is 0.138 e. The lowest BCUT2D eigenvalue weighted by molar-refractivity contribution is 0.303. The Morgan fingerprint density at radius 1 is 1.46 bits per heavy atom. The molecule has 0 saturated heterocycles. The third kappa shape index (κ3) is 2.16. The summed E-state index contributed by atoms with van der Waals surface area (Å²) in [5.41, 5.74) is 1.28. The molecule has 0 atom stereocenters. The summed E-state index contributed by atoms with van der Waals surface area (Å²) in [6.45, 7) is 2.13. The van der Waals surface area contributed by atoms with Gasteiger partial charge in [-0.2, -0.15) is 0 Å². The van der Waals surface area contributed by atoms with E-state index in [4.69, 9.17) is 16.3 Å². The van der Waals surface area contributed by atoms with Gasteiger partial charge in [0.25, 0.3) is 0 Å². The standard InChI is InChI=1S/C11H13ClO/c1-2-8-3-6-10(12)11(7-8)13-9-4-5-9/h3,6-7,9H,2,4-5H2,1H3. The van der Waals surface area contributed by atoms with E-state index in [0.29, 0.717) is 6.10 Å². The van der Waals surface area contributed by atoms with Crippen LogP contribution >= 0.6 is 11.6 Å². The topological polar surface area (TPSA) is 9.23 Å². The van der Waals surface area contributed by atoms with Gasteiger partial charge in [-0.3, -0.25) is 0 Å². The van der Waals surface area contributed by atoms with Gasteiger partial charge in [0.05, 0.1) is 11.1 Å². The lowest BCUT2D eigenvalue weighted by Crippen LogP contribution is -1.97. The van der Waals surface area contributed by atoms with Crippen LogP contribution in [0.2, 0.25) is 5.02 Å². The van der Waals surface area contributed by atoms with Gasteiger partial charge in [0, 0.05) is 0 Å². The highest BCUT2D eigenvalue weighted by molar-refractivity contribution is 6.32.